The Morgan fingerprint density at radius 3 is 2.65 bits per heavy atom. The summed E-state index contributed by atoms with van der Waals surface area (Å²) in [5.74, 6) is 0. The molecule has 2 heterocycles. The number of thioether (sulfide) groups is 1. The Balaban J connectivity index is 0.00000171. The van der Waals surface area contributed by atoms with E-state index in [0.29, 0.717) is 18.1 Å². The third-order valence-electron chi connectivity index (χ3n) is 4.83. The molecule has 0 fully saturated rings. The molecule has 0 radical (unpaired) electrons. The van der Waals surface area contributed by atoms with Gasteiger partial charge >= 0.3 is 0 Å². The molecule has 1 aliphatic rings. The standard InChI is InChI=1S/C23H22ClN2O2S.CH4.BrH/c24-18-8-9-22-21(16-18)26(13-15-28)23(29-22)7-3-4-17-10-11-25(12-14-27)20-6-2-1-5-19(17)20;;/h1-11,16,27-28H,12-15H2;1H4;1H/q+1;;/p-1. The quantitative estimate of drug-likeness (QED) is 0.486. The summed E-state index contributed by atoms with van der Waals surface area (Å²) >= 11 is 7.84. The fourth-order valence-corrected chi connectivity index (χ4v) is 4.77. The second-order valence-corrected chi connectivity index (χ2v) is 8.16. The number of anilines is 1. The van der Waals surface area contributed by atoms with Crippen molar-refractivity contribution in [2.45, 2.75) is 18.9 Å². The largest absolute Gasteiger partial charge is 1.00 e. The van der Waals surface area contributed by atoms with Crippen LogP contribution in [0.1, 0.15) is 13.0 Å². The number of para-hydroxylation sites is 1. The molecule has 2 N–H and O–H groups in total. The lowest BCUT2D eigenvalue weighted by molar-refractivity contribution is -0.672. The summed E-state index contributed by atoms with van der Waals surface area (Å²) in [4.78, 5) is 3.23. The summed E-state index contributed by atoms with van der Waals surface area (Å²) in [6.45, 7) is 1.28. The van der Waals surface area contributed by atoms with Crippen LogP contribution in [0.15, 0.2) is 76.8 Å². The zero-order valence-electron chi connectivity index (χ0n) is 16.2. The van der Waals surface area contributed by atoms with Crippen LogP contribution in [0, 0.1) is 0 Å². The van der Waals surface area contributed by atoms with Crippen molar-refractivity contribution in [2.75, 3.05) is 24.7 Å². The van der Waals surface area contributed by atoms with Gasteiger partial charge in [-0.25, -0.2) is 0 Å². The number of rotatable bonds is 6. The van der Waals surface area contributed by atoms with E-state index in [1.807, 2.05) is 42.6 Å². The first-order valence-corrected chi connectivity index (χ1v) is 10.7. The molecule has 4 nitrogen and oxygen atoms in total. The third kappa shape index (κ3) is 5.51. The van der Waals surface area contributed by atoms with Crippen LogP contribution in [0.25, 0.3) is 17.0 Å². The number of hydrogen-bond donors (Lipinski definition) is 2. The number of nitrogens with zero attached hydrogens (tertiary/aromatic N) is 2. The van der Waals surface area contributed by atoms with Crippen molar-refractivity contribution < 1.29 is 31.8 Å². The Labute approximate surface area is 203 Å². The number of benzene rings is 2. The predicted molar refractivity (Wildman–Crippen MR) is 127 cm³/mol. The molecule has 164 valence electrons. The third-order valence-corrected chi connectivity index (χ3v) is 6.20. The van der Waals surface area contributed by atoms with Crippen molar-refractivity contribution in [2.24, 2.45) is 0 Å². The van der Waals surface area contributed by atoms with Crippen molar-refractivity contribution in [3.63, 3.8) is 0 Å². The van der Waals surface area contributed by atoms with E-state index in [0.717, 1.165) is 32.1 Å². The molecule has 4 rings (SSSR count). The molecule has 0 bridgehead atoms. The highest BCUT2D eigenvalue weighted by molar-refractivity contribution is 8.03. The molecule has 0 spiro atoms. The molecule has 0 atom stereocenters. The van der Waals surface area contributed by atoms with Gasteiger partial charge in [-0.05, 0) is 35.9 Å². The highest BCUT2D eigenvalue weighted by atomic mass is 79.9. The highest BCUT2D eigenvalue weighted by Gasteiger charge is 2.24. The van der Waals surface area contributed by atoms with Crippen LogP contribution < -0.4 is 26.4 Å². The van der Waals surface area contributed by atoms with Crippen molar-refractivity contribution >= 4 is 46.0 Å². The fourth-order valence-electron chi connectivity index (χ4n) is 3.52. The minimum absolute atomic E-state index is 0. The van der Waals surface area contributed by atoms with E-state index in [9.17, 15) is 10.2 Å². The Bertz CT molecular complexity index is 1100. The van der Waals surface area contributed by atoms with Crippen molar-refractivity contribution in [1.82, 2.24) is 0 Å². The molecule has 3 aromatic rings. The molecule has 31 heavy (non-hydrogen) atoms. The number of allylic oxidation sites excluding steroid dienone is 2. The van der Waals surface area contributed by atoms with Gasteiger partial charge in [0.2, 0.25) is 5.52 Å². The van der Waals surface area contributed by atoms with Gasteiger partial charge in [-0.3, -0.25) is 0 Å². The van der Waals surface area contributed by atoms with Gasteiger partial charge in [0, 0.05) is 28.6 Å². The van der Waals surface area contributed by atoms with E-state index in [2.05, 4.69) is 39.8 Å². The molecule has 0 amide bonds. The number of hydrogen-bond acceptors (Lipinski definition) is 4. The van der Waals surface area contributed by atoms with Gasteiger partial charge in [-0.15, -0.1) is 0 Å². The number of aromatic nitrogens is 1. The zero-order valence-corrected chi connectivity index (χ0v) is 19.4. The van der Waals surface area contributed by atoms with Gasteiger partial charge in [0.05, 0.1) is 22.7 Å². The molecule has 0 saturated heterocycles. The van der Waals surface area contributed by atoms with Crippen molar-refractivity contribution in [1.29, 1.82) is 0 Å². The molecular formula is C24H26BrClN2O2S. The van der Waals surface area contributed by atoms with Gasteiger partial charge in [-0.1, -0.05) is 55.1 Å². The Hall–Kier alpha value is -1.83. The van der Waals surface area contributed by atoms with Crippen LogP contribution >= 0.6 is 23.4 Å². The minimum Gasteiger partial charge on any atom is -1.00 e. The van der Waals surface area contributed by atoms with Crippen LogP contribution in [-0.4, -0.2) is 30.0 Å². The number of pyridine rings is 1. The fraction of sp³-hybridized carbons (Fsp3) is 0.208. The predicted octanol–water partition coefficient (Wildman–Crippen LogP) is 1.87. The number of aliphatic hydroxyl groups excluding tert-OH is 2. The molecule has 2 aromatic carbocycles. The Morgan fingerprint density at radius 2 is 1.87 bits per heavy atom. The average Bonchev–Trinajstić information content (AvgIpc) is 3.07. The summed E-state index contributed by atoms with van der Waals surface area (Å²) in [7, 11) is 0. The Morgan fingerprint density at radius 1 is 1.06 bits per heavy atom. The first-order valence-electron chi connectivity index (χ1n) is 9.47. The van der Waals surface area contributed by atoms with Gasteiger partial charge in [0.15, 0.2) is 12.7 Å². The normalized spacial score (nSPS) is 14.0. The summed E-state index contributed by atoms with van der Waals surface area (Å²) < 4.78 is 2.06. The first kappa shape index (κ1) is 25.4. The van der Waals surface area contributed by atoms with E-state index in [-0.39, 0.29) is 37.6 Å². The number of halogens is 2. The van der Waals surface area contributed by atoms with Gasteiger partial charge in [0.25, 0.3) is 0 Å². The Kier molecular flexibility index (Phi) is 9.59. The second-order valence-electron chi connectivity index (χ2n) is 6.66. The smallest absolute Gasteiger partial charge is 0.213 e. The van der Waals surface area contributed by atoms with Crippen LogP contribution in [0.5, 0.6) is 0 Å². The molecule has 1 aliphatic heterocycles. The van der Waals surface area contributed by atoms with Crippen LogP contribution in [0.4, 0.5) is 5.69 Å². The van der Waals surface area contributed by atoms with Crippen LogP contribution in [-0.2, 0) is 6.54 Å². The van der Waals surface area contributed by atoms with Crippen molar-refractivity contribution in [3.8, 4) is 0 Å². The molecule has 0 aliphatic carbocycles. The molecule has 1 aromatic heterocycles. The lowest BCUT2D eigenvalue weighted by Gasteiger charge is -2.18. The maximum absolute atomic E-state index is 9.48. The summed E-state index contributed by atoms with van der Waals surface area (Å²) in [5, 5.41) is 21.7. The van der Waals surface area contributed by atoms with Crippen LogP contribution in [0.2, 0.25) is 5.02 Å². The summed E-state index contributed by atoms with van der Waals surface area (Å²) in [6.07, 6.45) is 8.20. The molecular weight excluding hydrogens is 496 g/mol. The molecule has 7 heteroatoms. The zero-order chi connectivity index (χ0) is 20.2. The minimum atomic E-state index is 0. The lowest BCUT2D eigenvalue weighted by Crippen LogP contribution is -3.00. The number of fused-ring (bicyclic) bond motifs is 2. The maximum Gasteiger partial charge on any atom is 0.213 e. The molecule has 0 saturated carbocycles. The van der Waals surface area contributed by atoms with Gasteiger partial charge in [-0.2, -0.15) is 4.57 Å². The summed E-state index contributed by atoms with van der Waals surface area (Å²) in [5.41, 5.74) is 3.24. The molecule has 0 unspecified atom stereocenters. The first-order chi connectivity index (χ1) is 14.2. The van der Waals surface area contributed by atoms with E-state index >= 15 is 0 Å². The monoisotopic (exact) mass is 520 g/mol. The van der Waals surface area contributed by atoms with Gasteiger partial charge in [0.1, 0.15) is 6.61 Å². The number of β-amino-alcohol motifs (C(OH)–C–C–N with tert-alkyl or cyclic N) is 1. The summed E-state index contributed by atoms with van der Waals surface area (Å²) in [6, 6.07) is 16.1. The topological polar surface area (TPSA) is 47.6 Å². The number of aliphatic hydroxyl groups is 2. The average molecular weight is 522 g/mol. The second kappa shape index (κ2) is 11.7. The van der Waals surface area contributed by atoms with E-state index < -0.39 is 0 Å². The van der Waals surface area contributed by atoms with E-state index in [1.165, 1.54) is 0 Å². The van der Waals surface area contributed by atoms with Crippen molar-refractivity contribution in [3.05, 3.63) is 82.5 Å². The van der Waals surface area contributed by atoms with Gasteiger partial charge < -0.3 is 32.1 Å². The SMILES string of the molecule is C.OCCN1C(=CC=Cc2cc[n+](CCO)c3ccccc23)Sc2ccc(Cl)cc21.[Br-]. The highest BCUT2D eigenvalue weighted by Crippen LogP contribution is 2.46. The van der Waals surface area contributed by atoms with Crippen LogP contribution in [0.3, 0.4) is 0 Å². The van der Waals surface area contributed by atoms with E-state index in [4.69, 9.17) is 11.6 Å². The maximum atomic E-state index is 9.48. The van der Waals surface area contributed by atoms with E-state index in [1.54, 1.807) is 11.8 Å². The lowest BCUT2D eigenvalue weighted by atomic mass is 10.1.